The molecule has 38 heavy (non-hydrogen) atoms. The molecule has 0 radical (unpaired) electrons. The van der Waals surface area contributed by atoms with E-state index in [9.17, 15) is 35.4 Å². The number of carbonyl (C=O) groups is 1. The first-order valence-corrected chi connectivity index (χ1v) is 14.1. The number of aliphatic hydroxyl groups excluding tert-OH is 4. The van der Waals surface area contributed by atoms with Crippen LogP contribution < -0.4 is 0 Å². The maximum Gasteiger partial charge on any atom is 0.331 e. The van der Waals surface area contributed by atoms with Crippen LogP contribution in [-0.2, 0) is 19.0 Å². The van der Waals surface area contributed by atoms with Gasteiger partial charge in [-0.25, -0.2) is 4.79 Å². The van der Waals surface area contributed by atoms with Crippen molar-refractivity contribution in [2.24, 2.45) is 28.6 Å². The fourth-order valence-corrected chi connectivity index (χ4v) is 9.67. The standard InChI is InChI=1S/C28H42O10/c1-25-6-3-15(38-24-23(33)22(32)19(30)13-37-24)10-27(25,34)7-4-17-21(25)18(29)11-26(2)16(5-8-28(17,26)35)14-9-20(31)36-12-14/h9,15-19,21-24,29-30,32-35H,3-8,10-13H2,1-2H3/t15-,16+,17+,18+,19-,21+,22+,23+,24-,25+,26+,27-,28-/m0/s1. The quantitative estimate of drug-likeness (QED) is 0.215. The largest absolute Gasteiger partial charge is 0.458 e. The van der Waals surface area contributed by atoms with E-state index in [1.54, 1.807) is 6.08 Å². The second kappa shape index (κ2) is 8.94. The third-order valence-corrected chi connectivity index (χ3v) is 11.8. The van der Waals surface area contributed by atoms with Crippen molar-refractivity contribution in [3.05, 3.63) is 11.6 Å². The molecule has 5 fully saturated rings. The summed E-state index contributed by atoms with van der Waals surface area (Å²) in [4.78, 5) is 11.8. The van der Waals surface area contributed by atoms with Gasteiger partial charge in [-0.2, -0.15) is 0 Å². The Labute approximate surface area is 222 Å². The average Bonchev–Trinajstić information content (AvgIpc) is 3.39. The van der Waals surface area contributed by atoms with Crippen LogP contribution in [0.1, 0.15) is 65.2 Å². The predicted molar refractivity (Wildman–Crippen MR) is 131 cm³/mol. The number of ether oxygens (including phenoxy) is 3. The van der Waals surface area contributed by atoms with Crippen molar-refractivity contribution >= 4 is 5.97 Å². The number of fused-ring (bicyclic) bond motifs is 5. The highest BCUT2D eigenvalue weighted by molar-refractivity contribution is 5.85. The zero-order chi connectivity index (χ0) is 27.3. The van der Waals surface area contributed by atoms with Crippen LogP contribution in [0, 0.1) is 28.6 Å². The van der Waals surface area contributed by atoms with Crippen molar-refractivity contribution < 1.29 is 49.6 Å². The summed E-state index contributed by atoms with van der Waals surface area (Å²) in [6.07, 6.45) is -0.538. The van der Waals surface area contributed by atoms with Crippen LogP contribution >= 0.6 is 0 Å². The molecule has 13 atom stereocenters. The Balaban J connectivity index is 1.23. The topological polar surface area (TPSA) is 166 Å². The zero-order valence-electron chi connectivity index (χ0n) is 22.2. The second-order valence-electron chi connectivity index (χ2n) is 13.4. The number of carbonyl (C=O) groups excluding carboxylic acids is 1. The van der Waals surface area contributed by atoms with Crippen LogP contribution in [0.2, 0.25) is 0 Å². The monoisotopic (exact) mass is 538 g/mol. The number of rotatable bonds is 3. The van der Waals surface area contributed by atoms with Gasteiger partial charge in [-0.1, -0.05) is 13.8 Å². The van der Waals surface area contributed by atoms with Gasteiger partial charge in [0.25, 0.3) is 0 Å². The number of esters is 1. The van der Waals surface area contributed by atoms with Crippen molar-refractivity contribution in [1.82, 2.24) is 0 Å². The highest BCUT2D eigenvalue weighted by atomic mass is 16.7. The van der Waals surface area contributed by atoms with E-state index in [1.807, 2.05) is 13.8 Å². The summed E-state index contributed by atoms with van der Waals surface area (Å²) < 4.78 is 16.6. The minimum atomic E-state index is -1.39. The van der Waals surface area contributed by atoms with Gasteiger partial charge >= 0.3 is 5.97 Å². The Bertz CT molecular complexity index is 1000. The molecule has 2 aliphatic heterocycles. The molecule has 0 aromatic rings. The third kappa shape index (κ3) is 3.64. The maximum atomic E-state index is 12.4. The molecule has 4 aliphatic carbocycles. The summed E-state index contributed by atoms with van der Waals surface area (Å²) in [6, 6.07) is 0. The highest BCUT2D eigenvalue weighted by Crippen LogP contribution is 2.70. The normalized spacial score (nSPS) is 56.5. The molecule has 6 aliphatic rings. The SMILES string of the molecule is C[C@]12CC[C@H](O[C@@H]3OC[C@H](O)[C@@H](O)[C@H]3O)C[C@@]1(O)CC[C@@H]1[C@@H]2[C@H](O)C[C@]2(C)[C@@H](C3=CC(=O)OC3)CC[C@]12O. The van der Waals surface area contributed by atoms with E-state index < -0.39 is 58.8 Å². The summed E-state index contributed by atoms with van der Waals surface area (Å²) in [5.74, 6) is -0.881. The molecule has 6 N–H and O–H groups in total. The highest BCUT2D eigenvalue weighted by Gasteiger charge is 2.72. The summed E-state index contributed by atoms with van der Waals surface area (Å²) in [5.41, 5.74) is -2.52. The van der Waals surface area contributed by atoms with E-state index in [4.69, 9.17) is 14.2 Å². The first kappa shape index (κ1) is 27.1. The third-order valence-electron chi connectivity index (χ3n) is 11.8. The lowest BCUT2D eigenvalue weighted by Crippen LogP contribution is -2.71. The van der Waals surface area contributed by atoms with Gasteiger partial charge in [0.05, 0.1) is 30.0 Å². The molecule has 6 rings (SSSR count). The Kier molecular flexibility index (Phi) is 6.37. The van der Waals surface area contributed by atoms with Gasteiger partial charge < -0.3 is 44.8 Å². The summed E-state index contributed by atoms with van der Waals surface area (Å²) >= 11 is 0. The predicted octanol–water partition coefficient (Wildman–Crippen LogP) is 0.153. The van der Waals surface area contributed by atoms with E-state index in [0.717, 1.165) is 12.0 Å². The van der Waals surface area contributed by atoms with Gasteiger partial charge in [0, 0.05) is 23.3 Å². The van der Waals surface area contributed by atoms with Gasteiger partial charge in [-0.3, -0.25) is 0 Å². The smallest absolute Gasteiger partial charge is 0.331 e. The van der Waals surface area contributed by atoms with Crippen molar-refractivity contribution in [2.45, 2.75) is 113 Å². The molecule has 0 bridgehead atoms. The van der Waals surface area contributed by atoms with Crippen LogP contribution in [0.4, 0.5) is 0 Å². The number of aliphatic hydroxyl groups is 6. The minimum absolute atomic E-state index is 0.0388. The van der Waals surface area contributed by atoms with Crippen molar-refractivity contribution in [3.8, 4) is 0 Å². The molecular weight excluding hydrogens is 496 g/mol. The molecule has 10 nitrogen and oxygen atoms in total. The number of cyclic esters (lactones) is 1. The summed E-state index contributed by atoms with van der Waals surface area (Å²) in [7, 11) is 0. The van der Waals surface area contributed by atoms with Gasteiger partial charge in [0.1, 0.15) is 24.9 Å². The van der Waals surface area contributed by atoms with Crippen molar-refractivity contribution in [1.29, 1.82) is 0 Å². The molecule has 214 valence electrons. The molecule has 2 heterocycles. The van der Waals surface area contributed by atoms with Gasteiger partial charge in [-0.05, 0) is 68.3 Å². The van der Waals surface area contributed by atoms with Gasteiger partial charge in [0.2, 0.25) is 0 Å². The fraction of sp³-hybridized carbons (Fsp3) is 0.893. The molecule has 0 amide bonds. The lowest BCUT2D eigenvalue weighted by molar-refractivity contribution is -0.310. The lowest BCUT2D eigenvalue weighted by Gasteiger charge is -2.67. The molecule has 0 aromatic heterocycles. The van der Waals surface area contributed by atoms with Crippen LogP contribution in [0.3, 0.4) is 0 Å². The zero-order valence-corrected chi connectivity index (χ0v) is 22.2. The number of hydrogen-bond donors (Lipinski definition) is 6. The van der Waals surface area contributed by atoms with E-state index in [2.05, 4.69) is 0 Å². The Hall–Kier alpha value is -1.11. The fourth-order valence-electron chi connectivity index (χ4n) is 9.67. The first-order chi connectivity index (χ1) is 17.8. The second-order valence-corrected chi connectivity index (χ2v) is 13.4. The number of hydrogen-bond acceptors (Lipinski definition) is 10. The summed E-state index contributed by atoms with van der Waals surface area (Å²) in [6.45, 7) is 4.17. The summed E-state index contributed by atoms with van der Waals surface area (Å²) in [5, 5.41) is 66.2. The molecule has 0 spiro atoms. The Morgan fingerprint density at radius 3 is 2.39 bits per heavy atom. The van der Waals surface area contributed by atoms with Crippen LogP contribution in [0.5, 0.6) is 0 Å². The molecule has 0 aromatic carbocycles. The van der Waals surface area contributed by atoms with Crippen molar-refractivity contribution in [3.63, 3.8) is 0 Å². The molecule has 1 saturated heterocycles. The average molecular weight is 539 g/mol. The first-order valence-electron chi connectivity index (χ1n) is 14.1. The lowest BCUT2D eigenvalue weighted by atomic mass is 9.41. The van der Waals surface area contributed by atoms with Crippen molar-refractivity contribution in [2.75, 3.05) is 13.2 Å². The molecule has 10 heteroatoms. The van der Waals surface area contributed by atoms with Crippen LogP contribution in [0.25, 0.3) is 0 Å². The van der Waals surface area contributed by atoms with Gasteiger partial charge in [-0.15, -0.1) is 0 Å². The maximum absolute atomic E-state index is 12.4. The molecular formula is C28H42O10. The van der Waals surface area contributed by atoms with Crippen LogP contribution in [-0.4, -0.2) is 97.8 Å². The van der Waals surface area contributed by atoms with E-state index in [0.29, 0.717) is 38.5 Å². The van der Waals surface area contributed by atoms with Gasteiger partial charge in [0.15, 0.2) is 6.29 Å². The Morgan fingerprint density at radius 2 is 1.68 bits per heavy atom. The minimum Gasteiger partial charge on any atom is -0.458 e. The van der Waals surface area contributed by atoms with E-state index in [1.165, 1.54) is 0 Å². The van der Waals surface area contributed by atoms with E-state index >= 15 is 0 Å². The molecule has 0 unspecified atom stereocenters. The Morgan fingerprint density at radius 1 is 0.921 bits per heavy atom. The van der Waals surface area contributed by atoms with E-state index in [-0.39, 0.29) is 43.4 Å². The van der Waals surface area contributed by atoms with Crippen LogP contribution in [0.15, 0.2) is 11.6 Å². The molecule has 4 saturated carbocycles.